The zero-order valence-corrected chi connectivity index (χ0v) is 16.6. The summed E-state index contributed by atoms with van der Waals surface area (Å²) in [6.45, 7) is 4.50. The molecule has 1 spiro atoms. The number of hydrogen-bond donors (Lipinski definition) is 2. The molecule has 3 saturated heterocycles. The first-order chi connectivity index (χ1) is 13.9. The number of pyridine rings is 1. The van der Waals surface area contributed by atoms with E-state index in [0.717, 1.165) is 0 Å². The van der Waals surface area contributed by atoms with E-state index in [-0.39, 0.29) is 35.7 Å². The van der Waals surface area contributed by atoms with Crippen LogP contribution < -0.4 is 5.32 Å². The minimum atomic E-state index is -0.408. The van der Waals surface area contributed by atoms with Gasteiger partial charge < -0.3 is 20.2 Å². The van der Waals surface area contributed by atoms with Gasteiger partial charge >= 0.3 is 0 Å². The Bertz CT molecular complexity index is 795. The Morgan fingerprint density at radius 3 is 2.69 bits per heavy atom. The summed E-state index contributed by atoms with van der Waals surface area (Å²) < 4.78 is 0. The first kappa shape index (κ1) is 19.8. The van der Waals surface area contributed by atoms with Crippen LogP contribution in [0.3, 0.4) is 0 Å². The summed E-state index contributed by atoms with van der Waals surface area (Å²) >= 11 is 0. The van der Waals surface area contributed by atoms with Gasteiger partial charge in [-0.05, 0) is 18.6 Å². The number of aromatic nitrogens is 1. The van der Waals surface area contributed by atoms with Gasteiger partial charge in [0.25, 0.3) is 5.91 Å². The van der Waals surface area contributed by atoms with E-state index in [1.54, 1.807) is 29.4 Å². The molecule has 0 radical (unpaired) electrons. The molecule has 0 saturated carbocycles. The average molecular weight is 401 g/mol. The maximum absolute atomic E-state index is 13.0. The van der Waals surface area contributed by atoms with Gasteiger partial charge in [-0.3, -0.25) is 24.3 Å². The number of β-amino-alcohol motifs (C(OH)–C–C–N with tert-alkyl or cyclic N) is 1. The number of carbonyl (C=O) groups is 3. The standard InChI is InChI=1S/C20H27N5O4/c1-14(26)22-6-4-18(28)24-12-20(13-24)11-23(9-16-7-17(27)10-25(16)20)19(29)15-3-2-5-21-8-15/h2-3,5,8,16-17,27H,4,6-7,9-13H2,1H3,(H,22,26). The molecular formula is C20H27N5O4. The Labute approximate surface area is 169 Å². The predicted octanol–water partition coefficient (Wildman–Crippen LogP) is -0.920. The normalized spacial score (nSPS) is 25.4. The van der Waals surface area contributed by atoms with Crippen LogP contribution in [-0.2, 0) is 9.59 Å². The zero-order valence-electron chi connectivity index (χ0n) is 16.6. The van der Waals surface area contributed by atoms with Crippen molar-refractivity contribution in [3.05, 3.63) is 30.1 Å². The van der Waals surface area contributed by atoms with Gasteiger partial charge in [0.1, 0.15) is 0 Å². The van der Waals surface area contributed by atoms with Gasteiger partial charge in [-0.15, -0.1) is 0 Å². The summed E-state index contributed by atoms with van der Waals surface area (Å²) in [5.41, 5.74) is 0.235. The number of piperazine rings is 1. The Hall–Kier alpha value is -2.52. The number of aliphatic hydroxyl groups is 1. The molecule has 2 N–H and O–H groups in total. The van der Waals surface area contributed by atoms with Crippen LogP contribution in [0.5, 0.6) is 0 Å². The predicted molar refractivity (Wildman–Crippen MR) is 104 cm³/mol. The minimum Gasteiger partial charge on any atom is -0.392 e. The summed E-state index contributed by atoms with van der Waals surface area (Å²) in [7, 11) is 0. The topological polar surface area (TPSA) is 106 Å². The van der Waals surface area contributed by atoms with Crippen molar-refractivity contribution in [1.82, 2.24) is 25.0 Å². The third kappa shape index (κ3) is 3.84. The fraction of sp³-hybridized carbons (Fsp3) is 0.600. The Kier molecular flexibility index (Phi) is 5.26. The van der Waals surface area contributed by atoms with E-state index in [4.69, 9.17) is 0 Å². The molecule has 156 valence electrons. The van der Waals surface area contributed by atoms with Crippen LogP contribution in [0.1, 0.15) is 30.1 Å². The van der Waals surface area contributed by atoms with Crippen molar-refractivity contribution in [2.24, 2.45) is 0 Å². The van der Waals surface area contributed by atoms with E-state index in [1.165, 1.54) is 6.92 Å². The van der Waals surface area contributed by atoms with E-state index < -0.39 is 6.10 Å². The number of likely N-dealkylation sites (tertiary alicyclic amines) is 1. The van der Waals surface area contributed by atoms with Gasteiger partial charge in [0, 0.05) is 71.0 Å². The minimum absolute atomic E-state index is 0.00335. The van der Waals surface area contributed by atoms with Crippen molar-refractivity contribution in [3.63, 3.8) is 0 Å². The third-order valence-corrected chi connectivity index (χ3v) is 6.15. The van der Waals surface area contributed by atoms with Crippen molar-refractivity contribution in [1.29, 1.82) is 0 Å². The van der Waals surface area contributed by atoms with E-state index in [1.807, 2.05) is 4.90 Å². The van der Waals surface area contributed by atoms with E-state index in [2.05, 4.69) is 15.2 Å². The van der Waals surface area contributed by atoms with Gasteiger partial charge in [-0.1, -0.05) is 0 Å². The lowest BCUT2D eigenvalue weighted by molar-refractivity contribution is -0.154. The molecule has 2 atom stereocenters. The number of aliphatic hydroxyl groups excluding tert-OH is 1. The van der Waals surface area contributed by atoms with Crippen molar-refractivity contribution in [2.45, 2.75) is 37.5 Å². The molecule has 29 heavy (non-hydrogen) atoms. The number of carbonyl (C=O) groups excluding carboxylic acids is 3. The molecule has 0 bridgehead atoms. The van der Waals surface area contributed by atoms with Gasteiger partial charge in [0.05, 0.1) is 17.2 Å². The van der Waals surface area contributed by atoms with E-state index in [9.17, 15) is 19.5 Å². The van der Waals surface area contributed by atoms with Crippen LogP contribution in [0.4, 0.5) is 0 Å². The number of fused-ring (bicyclic) bond motifs is 2. The fourth-order valence-corrected chi connectivity index (χ4v) is 4.86. The molecular weight excluding hydrogens is 374 g/mol. The molecule has 0 aromatic carbocycles. The van der Waals surface area contributed by atoms with Crippen LogP contribution in [-0.4, -0.2) is 99.5 Å². The maximum atomic E-state index is 13.0. The molecule has 9 nitrogen and oxygen atoms in total. The number of hydrogen-bond acceptors (Lipinski definition) is 6. The number of nitrogens with zero attached hydrogens (tertiary/aromatic N) is 4. The first-order valence-electron chi connectivity index (χ1n) is 10.0. The Morgan fingerprint density at radius 2 is 2.00 bits per heavy atom. The highest BCUT2D eigenvalue weighted by molar-refractivity contribution is 5.94. The molecule has 2 unspecified atom stereocenters. The van der Waals surface area contributed by atoms with Gasteiger partial charge in [-0.2, -0.15) is 0 Å². The third-order valence-electron chi connectivity index (χ3n) is 6.15. The smallest absolute Gasteiger partial charge is 0.255 e. The fourth-order valence-electron chi connectivity index (χ4n) is 4.86. The quantitative estimate of drug-likeness (QED) is 0.676. The molecule has 1 aromatic rings. The molecule has 3 fully saturated rings. The molecule has 0 aliphatic carbocycles. The van der Waals surface area contributed by atoms with Crippen LogP contribution >= 0.6 is 0 Å². The van der Waals surface area contributed by atoms with Gasteiger partial charge in [0.15, 0.2) is 0 Å². The van der Waals surface area contributed by atoms with Crippen LogP contribution in [0.15, 0.2) is 24.5 Å². The van der Waals surface area contributed by atoms with Gasteiger partial charge in [-0.25, -0.2) is 0 Å². The molecule has 4 heterocycles. The monoisotopic (exact) mass is 401 g/mol. The van der Waals surface area contributed by atoms with Crippen molar-refractivity contribution in [2.75, 3.05) is 39.3 Å². The Morgan fingerprint density at radius 1 is 1.24 bits per heavy atom. The van der Waals surface area contributed by atoms with Gasteiger partial charge in [0.2, 0.25) is 11.8 Å². The van der Waals surface area contributed by atoms with Crippen molar-refractivity contribution in [3.8, 4) is 0 Å². The molecule has 4 rings (SSSR count). The van der Waals surface area contributed by atoms with E-state index >= 15 is 0 Å². The highest BCUT2D eigenvalue weighted by atomic mass is 16.3. The van der Waals surface area contributed by atoms with Crippen LogP contribution in [0.2, 0.25) is 0 Å². The molecule has 3 aliphatic heterocycles. The second-order valence-corrected chi connectivity index (χ2v) is 8.33. The number of nitrogens with one attached hydrogen (secondary N) is 1. The summed E-state index contributed by atoms with van der Waals surface area (Å²) in [6.07, 6.45) is 3.70. The molecule has 9 heteroatoms. The highest BCUT2D eigenvalue weighted by Gasteiger charge is 2.57. The first-order valence-corrected chi connectivity index (χ1v) is 10.0. The SMILES string of the molecule is CC(=O)NCCC(=O)N1CC2(C1)CN(C(=O)c1cccnc1)CC1CC(O)CN12. The highest BCUT2D eigenvalue weighted by Crippen LogP contribution is 2.39. The Balaban J connectivity index is 1.45. The summed E-state index contributed by atoms with van der Waals surface area (Å²) in [6, 6.07) is 3.60. The largest absolute Gasteiger partial charge is 0.392 e. The second-order valence-electron chi connectivity index (χ2n) is 8.33. The summed E-state index contributed by atoms with van der Waals surface area (Å²) in [5.74, 6) is -0.214. The number of rotatable bonds is 4. The maximum Gasteiger partial charge on any atom is 0.255 e. The molecule has 3 aliphatic rings. The van der Waals surface area contributed by atoms with Crippen LogP contribution in [0, 0.1) is 0 Å². The van der Waals surface area contributed by atoms with E-state index in [0.29, 0.717) is 51.3 Å². The number of amides is 3. The van der Waals surface area contributed by atoms with Crippen molar-refractivity contribution >= 4 is 17.7 Å². The van der Waals surface area contributed by atoms with Crippen molar-refractivity contribution < 1.29 is 19.5 Å². The average Bonchev–Trinajstić information content (AvgIpc) is 3.05. The lowest BCUT2D eigenvalue weighted by atomic mass is 9.83. The zero-order chi connectivity index (χ0) is 20.6. The van der Waals surface area contributed by atoms with Crippen LogP contribution in [0.25, 0.3) is 0 Å². The summed E-state index contributed by atoms with van der Waals surface area (Å²) in [5, 5.41) is 12.9. The molecule has 3 amide bonds. The summed E-state index contributed by atoms with van der Waals surface area (Å²) in [4.78, 5) is 46.4. The lowest BCUT2D eigenvalue weighted by Gasteiger charge is -2.60. The second kappa shape index (κ2) is 7.72. The molecule has 1 aromatic heterocycles. The lowest BCUT2D eigenvalue weighted by Crippen LogP contribution is -2.79.